The van der Waals surface area contributed by atoms with Gasteiger partial charge in [-0.2, -0.15) is 0 Å². The number of hydrogen-bond donors (Lipinski definition) is 1. The molecule has 1 aliphatic rings. The highest BCUT2D eigenvalue weighted by Crippen LogP contribution is 2.47. The van der Waals surface area contributed by atoms with Gasteiger partial charge in [-0.25, -0.2) is 29.1 Å². The highest BCUT2D eigenvalue weighted by molar-refractivity contribution is 6.33. The van der Waals surface area contributed by atoms with Gasteiger partial charge in [0.25, 0.3) is 0 Å². The van der Waals surface area contributed by atoms with Gasteiger partial charge in [-0.3, -0.25) is 4.90 Å². The summed E-state index contributed by atoms with van der Waals surface area (Å²) in [6, 6.07) is 25.8. The van der Waals surface area contributed by atoms with E-state index < -0.39 is 17.9 Å². The third-order valence-electron chi connectivity index (χ3n) is 10.8. The van der Waals surface area contributed by atoms with Gasteiger partial charge in [-0.1, -0.05) is 48.0 Å². The molecule has 1 saturated heterocycles. The number of aromatic nitrogens is 4. The first-order valence-corrected chi connectivity index (χ1v) is 20.5. The third kappa shape index (κ3) is 9.32. The van der Waals surface area contributed by atoms with Crippen LogP contribution in [0.1, 0.15) is 16.8 Å². The van der Waals surface area contributed by atoms with Crippen LogP contribution in [-0.2, 0) is 17.8 Å². The molecule has 0 amide bonds. The SMILES string of the molecule is COc1ccccc1-c1nccc(COc2ccccc2C[C@@H](Oc2ncnc3oc(-c4ccc(F)cc4)c(-c4ccc(OCCN5CCN(C)CC5)c(Cl)c4C)c23)C(=O)O)n1. The maximum atomic E-state index is 14.2. The van der Waals surface area contributed by atoms with E-state index in [-0.39, 0.29) is 24.6 Å². The molecule has 0 spiro atoms. The minimum Gasteiger partial charge on any atom is -0.496 e. The summed E-state index contributed by atoms with van der Waals surface area (Å²) in [6.07, 6.45) is 1.38. The molecule has 0 bridgehead atoms. The number of para-hydroxylation sites is 2. The maximum absolute atomic E-state index is 14.2. The van der Waals surface area contributed by atoms with E-state index in [0.29, 0.717) is 79.4 Å². The van der Waals surface area contributed by atoms with Crippen LogP contribution in [0.5, 0.6) is 23.1 Å². The summed E-state index contributed by atoms with van der Waals surface area (Å²) < 4.78 is 44.8. The van der Waals surface area contributed by atoms with Gasteiger partial charge in [-0.15, -0.1) is 0 Å². The number of methoxy groups -OCH3 is 1. The smallest absolute Gasteiger partial charge is 0.345 e. The topological polar surface area (TPSA) is 145 Å². The molecule has 0 aliphatic carbocycles. The predicted molar refractivity (Wildman–Crippen MR) is 232 cm³/mol. The van der Waals surface area contributed by atoms with E-state index in [0.717, 1.165) is 38.3 Å². The highest BCUT2D eigenvalue weighted by atomic mass is 35.5. The zero-order valence-corrected chi connectivity index (χ0v) is 35.1. The van der Waals surface area contributed by atoms with Crippen molar-refractivity contribution in [2.75, 3.05) is 53.5 Å². The number of fused-ring (bicyclic) bond motifs is 1. The zero-order valence-electron chi connectivity index (χ0n) is 34.4. The number of carboxylic acids is 1. The monoisotopic (exact) mass is 858 g/mol. The molecule has 1 fully saturated rings. The summed E-state index contributed by atoms with van der Waals surface area (Å²) in [5.41, 5.74) is 4.41. The maximum Gasteiger partial charge on any atom is 0.345 e. The molecular formula is C47H44ClFN6O7. The molecule has 15 heteroatoms. The van der Waals surface area contributed by atoms with E-state index >= 15 is 0 Å². The minimum absolute atomic E-state index is 0.0270. The third-order valence-corrected chi connectivity index (χ3v) is 11.3. The fourth-order valence-corrected chi connectivity index (χ4v) is 7.59. The van der Waals surface area contributed by atoms with Gasteiger partial charge < -0.3 is 33.4 Å². The second-order valence-corrected chi connectivity index (χ2v) is 15.2. The number of aliphatic carboxylic acids is 1. The molecule has 1 aliphatic heterocycles. The Kier molecular flexibility index (Phi) is 12.9. The Bertz CT molecular complexity index is 2690. The number of hydrogen-bond acceptors (Lipinski definition) is 12. The van der Waals surface area contributed by atoms with Gasteiger partial charge >= 0.3 is 5.97 Å². The fourth-order valence-electron chi connectivity index (χ4n) is 7.37. The molecule has 13 nitrogen and oxygen atoms in total. The standard InChI is InChI=1S/C47H44ClFN6O7/c1-29-34(16-17-38(42(29)48)59-25-24-55-22-20-54(2)21-23-55)40-41-45(51-28-52-46(41)62-43(40)30-12-14-32(49)15-13-30)61-39(47(56)57)26-31-8-4-6-10-36(31)60-27-33-18-19-50-44(53-33)35-9-5-7-11-37(35)58-3/h4-19,28,39H,20-27H2,1-3H3,(H,56,57)/t39-/m1/s1. The van der Waals surface area contributed by atoms with Crippen molar-refractivity contribution in [1.29, 1.82) is 0 Å². The van der Waals surface area contributed by atoms with E-state index in [2.05, 4.69) is 36.8 Å². The van der Waals surface area contributed by atoms with Crippen molar-refractivity contribution in [3.63, 3.8) is 0 Å². The van der Waals surface area contributed by atoms with E-state index in [1.807, 2.05) is 37.3 Å². The average molecular weight is 859 g/mol. The molecule has 1 N–H and O–H groups in total. The van der Waals surface area contributed by atoms with E-state index in [9.17, 15) is 14.3 Å². The van der Waals surface area contributed by atoms with Crippen LogP contribution in [-0.4, -0.2) is 100 Å². The molecule has 0 radical (unpaired) electrons. The number of ether oxygens (including phenoxy) is 4. The number of piperazine rings is 1. The molecule has 7 aromatic rings. The van der Waals surface area contributed by atoms with Crippen molar-refractivity contribution in [2.45, 2.75) is 26.1 Å². The molecule has 3 aromatic heterocycles. The van der Waals surface area contributed by atoms with Crippen LogP contribution >= 0.6 is 11.6 Å². The van der Waals surface area contributed by atoms with Gasteiger partial charge in [0, 0.05) is 56.5 Å². The number of halogens is 2. The normalized spacial score (nSPS) is 13.8. The van der Waals surface area contributed by atoms with Crippen molar-refractivity contribution in [3.8, 4) is 57.0 Å². The number of likely N-dealkylation sites (N-methyl/N-ethyl adjacent to an activating group) is 1. The summed E-state index contributed by atoms with van der Waals surface area (Å²) in [4.78, 5) is 35.6. The number of carboxylic acid groups (broad SMARTS) is 1. The van der Waals surface area contributed by atoms with Gasteiger partial charge in [0.05, 0.1) is 23.4 Å². The second kappa shape index (κ2) is 19.0. The summed E-state index contributed by atoms with van der Waals surface area (Å²) >= 11 is 7.02. The minimum atomic E-state index is -1.42. The van der Waals surface area contributed by atoms with Gasteiger partial charge in [0.2, 0.25) is 17.7 Å². The van der Waals surface area contributed by atoms with Crippen molar-refractivity contribution in [3.05, 3.63) is 131 Å². The van der Waals surface area contributed by atoms with Crippen LogP contribution in [0, 0.1) is 12.7 Å². The quantitative estimate of drug-likeness (QED) is 0.0994. The first-order valence-electron chi connectivity index (χ1n) is 20.1. The molecule has 0 unspecified atom stereocenters. The predicted octanol–water partition coefficient (Wildman–Crippen LogP) is 8.40. The van der Waals surface area contributed by atoms with E-state index in [1.54, 1.807) is 61.8 Å². The molecule has 1 atom stereocenters. The van der Waals surface area contributed by atoms with Gasteiger partial charge in [0.1, 0.15) is 53.8 Å². The van der Waals surface area contributed by atoms with Crippen molar-refractivity contribution in [2.24, 2.45) is 0 Å². The molecule has 62 heavy (non-hydrogen) atoms. The zero-order chi connectivity index (χ0) is 43.2. The Morgan fingerprint density at radius 2 is 1.65 bits per heavy atom. The van der Waals surface area contributed by atoms with Gasteiger partial charge in [0.15, 0.2) is 5.82 Å². The Morgan fingerprint density at radius 3 is 2.42 bits per heavy atom. The molecular weight excluding hydrogens is 815 g/mol. The summed E-state index contributed by atoms with van der Waals surface area (Å²) in [7, 11) is 3.71. The van der Waals surface area contributed by atoms with Gasteiger partial charge in [-0.05, 0) is 85.3 Å². The van der Waals surface area contributed by atoms with Crippen LogP contribution in [0.2, 0.25) is 5.02 Å². The number of carbonyl (C=O) groups is 1. The Labute approximate surface area is 362 Å². The lowest BCUT2D eigenvalue weighted by molar-refractivity contribution is -0.145. The van der Waals surface area contributed by atoms with E-state index in [1.165, 1.54) is 18.5 Å². The molecule has 0 saturated carbocycles. The molecule has 4 heterocycles. The van der Waals surface area contributed by atoms with Crippen LogP contribution in [0.4, 0.5) is 4.39 Å². The lowest BCUT2D eigenvalue weighted by Gasteiger charge is -2.32. The summed E-state index contributed by atoms with van der Waals surface area (Å²) in [6.45, 7) is 7.12. The Balaban J connectivity index is 1.08. The number of furan rings is 1. The average Bonchev–Trinajstić information content (AvgIpc) is 3.68. The van der Waals surface area contributed by atoms with Crippen LogP contribution in [0.15, 0.2) is 108 Å². The first-order chi connectivity index (χ1) is 30.2. The molecule has 8 rings (SSSR count). The van der Waals surface area contributed by atoms with E-state index in [4.69, 9.17) is 35.0 Å². The largest absolute Gasteiger partial charge is 0.496 e. The highest BCUT2D eigenvalue weighted by Gasteiger charge is 2.29. The molecule has 318 valence electrons. The summed E-state index contributed by atoms with van der Waals surface area (Å²) in [5.74, 6) is 0.756. The number of nitrogens with zero attached hydrogens (tertiary/aromatic N) is 6. The lowest BCUT2D eigenvalue weighted by Crippen LogP contribution is -2.45. The second-order valence-electron chi connectivity index (χ2n) is 14.8. The van der Waals surface area contributed by atoms with Crippen molar-refractivity contribution < 1.29 is 37.7 Å². The number of benzene rings is 4. The Morgan fingerprint density at radius 1 is 0.887 bits per heavy atom. The number of rotatable bonds is 16. The lowest BCUT2D eigenvalue weighted by atomic mass is 9.95. The molecule has 4 aromatic carbocycles. The van der Waals surface area contributed by atoms with Crippen molar-refractivity contribution in [1.82, 2.24) is 29.7 Å². The fraction of sp³-hybridized carbons (Fsp3) is 0.255. The van der Waals surface area contributed by atoms with Crippen LogP contribution in [0.25, 0.3) is 44.9 Å². The van der Waals surface area contributed by atoms with Crippen LogP contribution < -0.4 is 18.9 Å². The first kappa shape index (κ1) is 42.1. The van der Waals surface area contributed by atoms with Crippen molar-refractivity contribution >= 4 is 28.7 Å². The van der Waals surface area contributed by atoms with Crippen LogP contribution in [0.3, 0.4) is 0 Å². The summed E-state index contributed by atoms with van der Waals surface area (Å²) in [5, 5.41) is 11.3. The Hall–Kier alpha value is -6.61.